The minimum Gasteiger partial charge on any atom is -0.463 e. The van der Waals surface area contributed by atoms with Crippen molar-refractivity contribution in [2.24, 2.45) is 5.73 Å². The van der Waals surface area contributed by atoms with E-state index in [9.17, 15) is 19.5 Å². The fourth-order valence-electron chi connectivity index (χ4n) is 1.95. The third-order valence-corrected chi connectivity index (χ3v) is 2.77. The molecule has 1 aliphatic heterocycles. The SMILES string of the molecule is CC(=O)OCC1O[C@H](O)[C@@H](N)[C@@H](OC(C)=O)[C@H]1OC(C)=O. The third kappa shape index (κ3) is 4.96. The first-order chi connectivity index (χ1) is 9.72. The van der Waals surface area contributed by atoms with Gasteiger partial charge >= 0.3 is 17.9 Å². The smallest absolute Gasteiger partial charge is 0.303 e. The molecule has 1 rings (SSSR count). The van der Waals surface area contributed by atoms with E-state index in [0.29, 0.717) is 0 Å². The van der Waals surface area contributed by atoms with Crippen molar-refractivity contribution in [3.8, 4) is 0 Å². The van der Waals surface area contributed by atoms with Crippen LogP contribution < -0.4 is 5.73 Å². The highest BCUT2D eigenvalue weighted by atomic mass is 16.7. The van der Waals surface area contributed by atoms with Gasteiger partial charge in [0.05, 0.1) is 6.04 Å². The lowest BCUT2D eigenvalue weighted by atomic mass is 9.97. The second kappa shape index (κ2) is 7.34. The second-order valence-electron chi connectivity index (χ2n) is 4.59. The van der Waals surface area contributed by atoms with Gasteiger partial charge < -0.3 is 29.8 Å². The third-order valence-electron chi connectivity index (χ3n) is 2.77. The molecule has 0 saturated carbocycles. The molecule has 0 bridgehead atoms. The van der Waals surface area contributed by atoms with Crippen LogP contribution in [0.4, 0.5) is 0 Å². The average Bonchev–Trinajstić information content (AvgIpc) is 2.35. The summed E-state index contributed by atoms with van der Waals surface area (Å²) < 4.78 is 20.0. The van der Waals surface area contributed by atoms with Crippen molar-refractivity contribution in [2.75, 3.05) is 6.61 Å². The summed E-state index contributed by atoms with van der Waals surface area (Å²) in [5.41, 5.74) is 5.70. The molecule has 0 radical (unpaired) electrons. The van der Waals surface area contributed by atoms with Gasteiger partial charge in [-0.05, 0) is 0 Å². The number of rotatable bonds is 4. The predicted octanol–water partition coefficient (Wildman–Crippen LogP) is -1.54. The van der Waals surface area contributed by atoms with Crippen LogP contribution in [-0.4, -0.2) is 60.3 Å². The van der Waals surface area contributed by atoms with E-state index in [2.05, 4.69) is 0 Å². The topological polar surface area (TPSA) is 134 Å². The largest absolute Gasteiger partial charge is 0.463 e. The molecule has 0 amide bonds. The van der Waals surface area contributed by atoms with Gasteiger partial charge in [0.2, 0.25) is 0 Å². The summed E-state index contributed by atoms with van der Waals surface area (Å²) >= 11 is 0. The summed E-state index contributed by atoms with van der Waals surface area (Å²) in [7, 11) is 0. The quantitative estimate of drug-likeness (QED) is 0.468. The van der Waals surface area contributed by atoms with Crippen LogP contribution in [0.2, 0.25) is 0 Å². The van der Waals surface area contributed by atoms with Gasteiger partial charge in [-0.25, -0.2) is 0 Å². The lowest BCUT2D eigenvalue weighted by Gasteiger charge is -2.41. The molecule has 5 atom stereocenters. The highest BCUT2D eigenvalue weighted by Gasteiger charge is 2.48. The fraction of sp³-hybridized carbons (Fsp3) is 0.750. The maximum absolute atomic E-state index is 11.2. The van der Waals surface area contributed by atoms with E-state index in [1.54, 1.807) is 0 Å². The number of hydrogen-bond donors (Lipinski definition) is 2. The van der Waals surface area contributed by atoms with Crippen molar-refractivity contribution in [3.63, 3.8) is 0 Å². The number of ether oxygens (including phenoxy) is 4. The Morgan fingerprint density at radius 3 is 2.05 bits per heavy atom. The first-order valence-corrected chi connectivity index (χ1v) is 6.29. The Bertz CT molecular complexity index is 412. The Labute approximate surface area is 121 Å². The van der Waals surface area contributed by atoms with E-state index < -0.39 is 48.6 Å². The van der Waals surface area contributed by atoms with Crippen LogP contribution in [0.5, 0.6) is 0 Å². The molecule has 1 unspecified atom stereocenters. The number of carbonyl (C=O) groups excluding carboxylic acids is 3. The lowest BCUT2D eigenvalue weighted by Crippen LogP contribution is -2.64. The zero-order chi connectivity index (χ0) is 16.2. The monoisotopic (exact) mass is 305 g/mol. The van der Waals surface area contributed by atoms with Crippen molar-refractivity contribution < 1.29 is 38.4 Å². The standard InChI is InChI=1S/C12H19NO8/c1-5(14)18-4-8-10(19-6(2)15)11(20-7(3)16)9(13)12(17)21-8/h8-12,17H,4,13H2,1-3H3/t8?,9-,10-,11+,12-/m0/s1. The van der Waals surface area contributed by atoms with E-state index in [4.69, 9.17) is 24.7 Å². The van der Waals surface area contributed by atoms with E-state index in [1.165, 1.54) is 6.92 Å². The number of hydrogen-bond acceptors (Lipinski definition) is 9. The zero-order valence-electron chi connectivity index (χ0n) is 12.0. The van der Waals surface area contributed by atoms with Gasteiger partial charge in [0.1, 0.15) is 12.7 Å². The number of carbonyl (C=O) groups is 3. The molecular weight excluding hydrogens is 286 g/mol. The van der Waals surface area contributed by atoms with Crippen LogP contribution in [0.25, 0.3) is 0 Å². The number of aliphatic hydroxyl groups excluding tert-OH is 1. The van der Waals surface area contributed by atoms with Gasteiger partial charge in [-0.3, -0.25) is 14.4 Å². The molecule has 21 heavy (non-hydrogen) atoms. The molecule has 120 valence electrons. The van der Waals surface area contributed by atoms with E-state index in [0.717, 1.165) is 13.8 Å². The summed E-state index contributed by atoms with van der Waals surface area (Å²) in [6.07, 6.45) is -4.67. The molecule has 3 N–H and O–H groups in total. The fourth-order valence-corrected chi connectivity index (χ4v) is 1.95. The molecule has 0 spiro atoms. The maximum atomic E-state index is 11.2. The molecule has 9 nitrogen and oxygen atoms in total. The summed E-state index contributed by atoms with van der Waals surface area (Å²) in [6.45, 7) is 3.22. The second-order valence-corrected chi connectivity index (χ2v) is 4.59. The summed E-state index contributed by atoms with van der Waals surface area (Å²) in [6, 6.07) is -1.10. The Morgan fingerprint density at radius 1 is 1.05 bits per heavy atom. The molecule has 0 aromatic rings. The molecular formula is C12H19NO8. The average molecular weight is 305 g/mol. The Hall–Kier alpha value is -1.71. The Kier molecular flexibility index (Phi) is 6.06. The summed E-state index contributed by atoms with van der Waals surface area (Å²) in [4.78, 5) is 33.2. The van der Waals surface area contributed by atoms with Crippen LogP contribution in [0, 0.1) is 0 Å². The van der Waals surface area contributed by atoms with E-state index in [1.807, 2.05) is 0 Å². The first-order valence-electron chi connectivity index (χ1n) is 6.29. The molecule has 9 heteroatoms. The summed E-state index contributed by atoms with van der Waals surface area (Å²) in [5, 5.41) is 9.73. The first kappa shape index (κ1) is 17.3. The van der Waals surface area contributed by atoms with Crippen molar-refractivity contribution in [1.29, 1.82) is 0 Å². The number of nitrogens with two attached hydrogens (primary N) is 1. The molecule has 0 aromatic carbocycles. The lowest BCUT2D eigenvalue weighted by molar-refractivity contribution is -0.260. The molecule has 1 heterocycles. The van der Waals surface area contributed by atoms with Crippen LogP contribution in [0.3, 0.4) is 0 Å². The minimum absolute atomic E-state index is 0.283. The Balaban J connectivity index is 2.94. The Morgan fingerprint density at radius 2 is 1.57 bits per heavy atom. The number of esters is 3. The van der Waals surface area contributed by atoms with Crippen molar-refractivity contribution in [3.05, 3.63) is 0 Å². The molecule has 0 aromatic heterocycles. The molecule has 1 fully saturated rings. The normalized spacial score (nSPS) is 32.1. The highest BCUT2D eigenvalue weighted by Crippen LogP contribution is 2.24. The maximum Gasteiger partial charge on any atom is 0.303 e. The predicted molar refractivity (Wildman–Crippen MR) is 66.6 cm³/mol. The summed E-state index contributed by atoms with van der Waals surface area (Å²) in [5.74, 6) is -1.89. The highest BCUT2D eigenvalue weighted by molar-refractivity contribution is 5.67. The van der Waals surface area contributed by atoms with Crippen LogP contribution in [0.15, 0.2) is 0 Å². The van der Waals surface area contributed by atoms with E-state index >= 15 is 0 Å². The molecule has 1 saturated heterocycles. The van der Waals surface area contributed by atoms with Gasteiger partial charge in [-0.1, -0.05) is 0 Å². The van der Waals surface area contributed by atoms with Crippen LogP contribution >= 0.6 is 0 Å². The van der Waals surface area contributed by atoms with Crippen molar-refractivity contribution in [2.45, 2.75) is 51.4 Å². The van der Waals surface area contributed by atoms with Gasteiger partial charge in [0, 0.05) is 20.8 Å². The van der Waals surface area contributed by atoms with Crippen molar-refractivity contribution >= 4 is 17.9 Å². The van der Waals surface area contributed by atoms with Gasteiger partial charge in [-0.2, -0.15) is 0 Å². The van der Waals surface area contributed by atoms with Gasteiger partial charge in [-0.15, -0.1) is 0 Å². The van der Waals surface area contributed by atoms with Crippen LogP contribution in [-0.2, 0) is 33.3 Å². The molecule has 1 aliphatic rings. The van der Waals surface area contributed by atoms with Crippen LogP contribution in [0.1, 0.15) is 20.8 Å². The molecule has 0 aliphatic carbocycles. The van der Waals surface area contributed by atoms with E-state index in [-0.39, 0.29) is 6.61 Å². The van der Waals surface area contributed by atoms with Crippen molar-refractivity contribution in [1.82, 2.24) is 0 Å². The number of aliphatic hydroxyl groups is 1. The zero-order valence-corrected chi connectivity index (χ0v) is 12.0. The van der Waals surface area contributed by atoms with Gasteiger partial charge in [0.25, 0.3) is 0 Å². The minimum atomic E-state index is -1.46. The van der Waals surface area contributed by atoms with Gasteiger partial charge in [0.15, 0.2) is 18.5 Å².